The molecule has 0 aliphatic heterocycles. The van der Waals surface area contributed by atoms with Crippen LogP contribution in [0.5, 0.6) is 0 Å². The third-order valence-corrected chi connectivity index (χ3v) is 6.19. The summed E-state index contributed by atoms with van der Waals surface area (Å²) in [5.41, 5.74) is 2.36. The lowest BCUT2D eigenvalue weighted by Gasteiger charge is -1.96. The molecule has 0 saturated carbocycles. The van der Waals surface area contributed by atoms with Gasteiger partial charge in [-0.3, -0.25) is 5.10 Å². The number of nitrogens with zero attached hydrogens (tertiary/aromatic N) is 3. The molecule has 4 aromatic rings. The van der Waals surface area contributed by atoms with Gasteiger partial charge in [-0.15, -0.1) is 27.8 Å². The average Bonchev–Trinajstić information content (AvgIpc) is 3.41. The Labute approximate surface area is 164 Å². The maximum atomic E-state index is 4.72. The highest BCUT2D eigenvalue weighted by Crippen LogP contribution is 2.22. The van der Waals surface area contributed by atoms with E-state index in [-0.39, 0.29) is 0 Å². The van der Waals surface area contributed by atoms with Gasteiger partial charge in [-0.25, -0.2) is 9.97 Å². The third-order valence-electron chi connectivity index (χ3n) is 3.58. The van der Waals surface area contributed by atoms with Crippen LogP contribution in [0.2, 0.25) is 0 Å². The monoisotopic (exact) mass is 396 g/mol. The van der Waals surface area contributed by atoms with Gasteiger partial charge in [0, 0.05) is 22.4 Å². The van der Waals surface area contributed by atoms with Gasteiger partial charge in [0.1, 0.15) is 5.82 Å². The standard InChI is InChI=1S/C19H16N4S3/c1-2-5-14(6-3-1)11-18-20-15(12-25-18)13-26-19-21-17(22-23-19)9-8-16-7-4-10-24-16/h1-10,12H,11,13H2,(H,21,22,23)/b9-8+. The topological polar surface area (TPSA) is 54.5 Å². The van der Waals surface area contributed by atoms with E-state index in [1.807, 2.05) is 24.3 Å². The summed E-state index contributed by atoms with van der Waals surface area (Å²) < 4.78 is 0. The van der Waals surface area contributed by atoms with Crippen molar-refractivity contribution in [1.82, 2.24) is 20.2 Å². The number of H-pyrrole nitrogens is 1. The second-order valence-corrected chi connectivity index (χ2v) is 8.40. The first-order chi connectivity index (χ1) is 12.8. The van der Waals surface area contributed by atoms with Gasteiger partial charge >= 0.3 is 0 Å². The summed E-state index contributed by atoms with van der Waals surface area (Å²) in [6.45, 7) is 0. The van der Waals surface area contributed by atoms with Crippen molar-refractivity contribution in [2.24, 2.45) is 0 Å². The summed E-state index contributed by atoms with van der Waals surface area (Å²) in [6, 6.07) is 14.5. The summed E-state index contributed by atoms with van der Waals surface area (Å²) >= 11 is 5.00. The Hall–Kier alpha value is -2.22. The van der Waals surface area contributed by atoms with E-state index in [0.717, 1.165) is 33.9 Å². The zero-order valence-electron chi connectivity index (χ0n) is 13.8. The molecule has 0 spiro atoms. The number of aromatic amines is 1. The molecule has 0 bridgehead atoms. The van der Waals surface area contributed by atoms with Gasteiger partial charge in [0.25, 0.3) is 0 Å². The van der Waals surface area contributed by atoms with E-state index in [4.69, 9.17) is 4.98 Å². The number of rotatable bonds is 7. The first kappa shape index (κ1) is 17.2. The van der Waals surface area contributed by atoms with Crippen LogP contribution in [0.25, 0.3) is 12.2 Å². The van der Waals surface area contributed by atoms with Crippen LogP contribution in [0.15, 0.2) is 58.4 Å². The molecule has 0 fully saturated rings. The lowest BCUT2D eigenvalue weighted by molar-refractivity contribution is 0.970. The minimum atomic E-state index is 0.744. The summed E-state index contributed by atoms with van der Waals surface area (Å²) in [5, 5.41) is 13.3. The van der Waals surface area contributed by atoms with Crippen molar-refractivity contribution in [3.63, 3.8) is 0 Å². The molecule has 1 N–H and O–H groups in total. The number of nitrogens with one attached hydrogen (secondary N) is 1. The van der Waals surface area contributed by atoms with Crippen molar-refractivity contribution in [3.05, 3.63) is 80.2 Å². The Morgan fingerprint density at radius 1 is 1.00 bits per heavy atom. The predicted molar refractivity (Wildman–Crippen MR) is 111 cm³/mol. The average molecular weight is 397 g/mol. The lowest BCUT2D eigenvalue weighted by Crippen LogP contribution is -1.88. The van der Waals surface area contributed by atoms with Gasteiger partial charge in [-0.2, -0.15) is 0 Å². The van der Waals surface area contributed by atoms with Gasteiger partial charge in [0.05, 0.1) is 10.7 Å². The Bertz CT molecular complexity index is 971. The van der Waals surface area contributed by atoms with Crippen molar-refractivity contribution < 1.29 is 0 Å². The zero-order valence-corrected chi connectivity index (χ0v) is 16.3. The molecule has 4 rings (SSSR count). The molecule has 0 atom stereocenters. The molecule has 4 nitrogen and oxygen atoms in total. The number of thiophene rings is 1. The highest BCUT2D eigenvalue weighted by atomic mass is 32.2. The number of aromatic nitrogens is 4. The van der Waals surface area contributed by atoms with Crippen LogP contribution in [-0.2, 0) is 12.2 Å². The molecule has 1 aromatic carbocycles. The van der Waals surface area contributed by atoms with Gasteiger partial charge < -0.3 is 0 Å². The fraction of sp³-hybridized carbons (Fsp3) is 0.105. The normalized spacial score (nSPS) is 11.4. The summed E-state index contributed by atoms with van der Waals surface area (Å²) in [7, 11) is 0. The molecule has 3 aromatic heterocycles. The van der Waals surface area contributed by atoms with Crippen LogP contribution in [0.1, 0.15) is 27.0 Å². The van der Waals surface area contributed by atoms with E-state index in [2.05, 4.69) is 56.3 Å². The molecule has 130 valence electrons. The minimum Gasteiger partial charge on any atom is -0.259 e. The number of thioether (sulfide) groups is 1. The van der Waals surface area contributed by atoms with Crippen LogP contribution in [0.4, 0.5) is 0 Å². The second kappa shape index (κ2) is 8.44. The highest BCUT2D eigenvalue weighted by molar-refractivity contribution is 7.98. The zero-order chi connectivity index (χ0) is 17.6. The van der Waals surface area contributed by atoms with E-state index < -0.39 is 0 Å². The number of thiazole rings is 1. The summed E-state index contributed by atoms with van der Waals surface area (Å²) in [5.74, 6) is 1.54. The van der Waals surface area contributed by atoms with Crippen molar-refractivity contribution in [2.45, 2.75) is 17.3 Å². The maximum absolute atomic E-state index is 4.72. The first-order valence-electron chi connectivity index (χ1n) is 8.09. The van der Waals surface area contributed by atoms with E-state index >= 15 is 0 Å². The molecule has 7 heteroatoms. The van der Waals surface area contributed by atoms with E-state index in [1.54, 1.807) is 34.4 Å². The smallest absolute Gasteiger partial charge is 0.209 e. The highest BCUT2D eigenvalue weighted by Gasteiger charge is 2.07. The van der Waals surface area contributed by atoms with Crippen LogP contribution in [-0.4, -0.2) is 20.2 Å². The lowest BCUT2D eigenvalue weighted by atomic mass is 10.2. The number of hydrogen-bond donors (Lipinski definition) is 1. The molecule has 0 radical (unpaired) electrons. The maximum Gasteiger partial charge on any atom is 0.209 e. The Morgan fingerprint density at radius 2 is 1.92 bits per heavy atom. The molecule has 3 heterocycles. The Balaban J connectivity index is 1.32. The van der Waals surface area contributed by atoms with Crippen LogP contribution in [0, 0.1) is 0 Å². The largest absolute Gasteiger partial charge is 0.259 e. The summed E-state index contributed by atoms with van der Waals surface area (Å²) in [6.07, 6.45) is 4.87. The predicted octanol–water partition coefficient (Wildman–Crippen LogP) is 5.38. The molecule has 0 unspecified atom stereocenters. The molecule has 0 aliphatic carbocycles. The summed E-state index contributed by atoms with van der Waals surface area (Å²) in [4.78, 5) is 10.4. The number of hydrogen-bond acceptors (Lipinski definition) is 6. The molecule has 0 saturated heterocycles. The fourth-order valence-electron chi connectivity index (χ4n) is 2.35. The van der Waals surface area contributed by atoms with Crippen LogP contribution < -0.4 is 0 Å². The van der Waals surface area contributed by atoms with Crippen molar-refractivity contribution in [1.29, 1.82) is 0 Å². The van der Waals surface area contributed by atoms with Crippen molar-refractivity contribution in [2.75, 3.05) is 0 Å². The van der Waals surface area contributed by atoms with Gasteiger partial charge in [-0.1, -0.05) is 48.2 Å². The molecular weight excluding hydrogens is 380 g/mol. The third kappa shape index (κ3) is 4.69. The first-order valence-corrected chi connectivity index (χ1v) is 10.8. The van der Waals surface area contributed by atoms with Crippen molar-refractivity contribution in [3.8, 4) is 0 Å². The van der Waals surface area contributed by atoms with Gasteiger partial charge in [0.2, 0.25) is 5.16 Å². The van der Waals surface area contributed by atoms with Crippen molar-refractivity contribution >= 4 is 46.6 Å². The van der Waals surface area contributed by atoms with E-state index in [0.29, 0.717) is 0 Å². The number of benzene rings is 1. The SMILES string of the molecule is C(=C\c1cccs1)/c1nc(SCc2csc(Cc3ccccc3)n2)n[nH]1. The van der Waals surface area contributed by atoms with Crippen LogP contribution in [0.3, 0.4) is 0 Å². The second-order valence-electron chi connectivity index (χ2n) is 5.54. The minimum absolute atomic E-state index is 0.744. The fourth-order valence-corrected chi connectivity index (χ4v) is 4.60. The van der Waals surface area contributed by atoms with Crippen LogP contribution >= 0.6 is 34.4 Å². The quantitative estimate of drug-likeness (QED) is 0.426. The van der Waals surface area contributed by atoms with E-state index in [9.17, 15) is 0 Å². The molecule has 0 amide bonds. The molecule has 26 heavy (non-hydrogen) atoms. The van der Waals surface area contributed by atoms with Gasteiger partial charge in [0.15, 0.2) is 0 Å². The molecular formula is C19H16N4S3. The van der Waals surface area contributed by atoms with E-state index in [1.165, 1.54) is 10.4 Å². The molecule has 0 aliphatic rings. The van der Waals surface area contributed by atoms with Gasteiger partial charge in [-0.05, 0) is 29.2 Å². The Kier molecular flexibility index (Phi) is 5.59. The Morgan fingerprint density at radius 3 is 2.77 bits per heavy atom.